The van der Waals surface area contributed by atoms with Crippen molar-refractivity contribution in [1.29, 1.82) is 0 Å². The van der Waals surface area contributed by atoms with Gasteiger partial charge in [-0.1, -0.05) is 24.3 Å². The van der Waals surface area contributed by atoms with Gasteiger partial charge in [-0.15, -0.1) is 0 Å². The highest BCUT2D eigenvalue weighted by molar-refractivity contribution is 6.00. The van der Waals surface area contributed by atoms with Gasteiger partial charge in [-0.3, -0.25) is 9.59 Å². The molecule has 0 aliphatic heterocycles. The number of hydrogen-bond donors (Lipinski definition) is 0. The van der Waals surface area contributed by atoms with E-state index < -0.39 is 29.0 Å². The summed E-state index contributed by atoms with van der Waals surface area (Å²) in [7, 11) is 0. The maximum Gasteiger partial charge on any atom is 0.324 e. The molecule has 0 N–H and O–H groups in total. The average molecular weight is 376 g/mol. The predicted octanol–water partition coefficient (Wildman–Crippen LogP) is 3.86. The first-order chi connectivity index (χ1) is 12.9. The molecule has 0 atom stereocenters. The van der Waals surface area contributed by atoms with Crippen LogP contribution in [0.1, 0.15) is 25.0 Å². The summed E-state index contributed by atoms with van der Waals surface area (Å²) >= 11 is 0. The van der Waals surface area contributed by atoms with E-state index >= 15 is 0 Å². The van der Waals surface area contributed by atoms with E-state index in [0.717, 1.165) is 0 Å². The summed E-state index contributed by atoms with van der Waals surface area (Å²) in [6.45, 7) is 3.37. The Hall–Kier alpha value is -2.76. The number of hydrogen-bond acceptors (Lipinski definition) is 4. The topological polar surface area (TPSA) is 52.6 Å². The minimum atomic E-state index is -1.74. The Morgan fingerprint density at radius 2 is 1.22 bits per heavy atom. The second-order valence-electron chi connectivity index (χ2n) is 6.14. The van der Waals surface area contributed by atoms with Crippen molar-refractivity contribution in [2.45, 2.75) is 26.7 Å². The maximum atomic E-state index is 13.6. The Kier molecular flexibility index (Phi) is 7.05. The minimum Gasteiger partial charge on any atom is -0.465 e. The Morgan fingerprint density at radius 1 is 0.815 bits per heavy atom. The molecular weight excluding hydrogens is 354 g/mol. The predicted molar refractivity (Wildman–Crippen MR) is 95.9 cm³/mol. The molecule has 0 aliphatic carbocycles. The van der Waals surface area contributed by atoms with Gasteiger partial charge in [0.15, 0.2) is 5.41 Å². The molecule has 0 radical (unpaired) electrons. The second-order valence-corrected chi connectivity index (χ2v) is 6.14. The van der Waals surface area contributed by atoms with Crippen molar-refractivity contribution in [3.05, 3.63) is 71.3 Å². The summed E-state index contributed by atoms with van der Waals surface area (Å²) in [6, 6.07) is 11.3. The third-order valence-electron chi connectivity index (χ3n) is 4.12. The van der Waals surface area contributed by atoms with Crippen LogP contribution in [0.15, 0.2) is 48.5 Å². The van der Waals surface area contributed by atoms with E-state index in [1.54, 1.807) is 26.0 Å². The Morgan fingerprint density at radius 3 is 1.56 bits per heavy atom. The molecule has 0 amide bonds. The van der Waals surface area contributed by atoms with Gasteiger partial charge in [-0.2, -0.15) is 0 Å². The van der Waals surface area contributed by atoms with Gasteiger partial charge in [-0.25, -0.2) is 8.78 Å². The number of rotatable bonds is 8. The highest BCUT2D eigenvalue weighted by atomic mass is 19.1. The zero-order valence-corrected chi connectivity index (χ0v) is 15.3. The monoisotopic (exact) mass is 376 g/mol. The standard InChI is InChI=1S/C21H22F2O4/c1-3-26-19(24)21(20(25)27-4-2,13-15-7-5-9-17(22)11-15)14-16-8-6-10-18(23)12-16/h5-12H,3-4,13-14H2,1-2H3. The molecule has 2 rings (SSSR count). The quantitative estimate of drug-likeness (QED) is 0.519. The van der Waals surface area contributed by atoms with Crippen molar-refractivity contribution >= 4 is 11.9 Å². The van der Waals surface area contributed by atoms with Crippen LogP contribution in [0.4, 0.5) is 8.78 Å². The van der Waals surface area contributed by atoms with E-state index in [-0.39, 0.29) is 26.1 Å². The van der Waals surface area contributed by atoms with Crippen LogP contribution in [0.5, 0.6) is 0 Å². The molecule has 0 fully saturated rings. The third kappa shape index (κ3) is 5.12. The molecule has 0 bridgehead atoms. The first-order valence-corrected chi connectivity index (χ1v) is 8.74. The van der Waals surface area contributed by atoms with Crippen LogP contribution < -0.4 is 0 Å². The molecule has 0 aliphatic rings. The number of esters is 2. The number of ether oxygens (including phenoxy) is 2. The van der Waals surface area contributed by atoms with Crippen molar-refractivity contribution in [2.75, 3.05) is 13.2 Å². The Labute approximate surface area is 157 Å². The fourth-order valence-corrected chi connectivity index (χ4v) is 2.96. The lowest BCUT2D eigenvalue weighted by Crippen LogP contribution is -2.46. The van der Waals surface area contributed by atoms with Gasteiger partial charge in [0, 0.05) is 0 Å². The van der Waals surface area contributed by atoms with Gasteiger partial charge in [0.05, 0.1) is 13.2 Å². The zero-order valence-electron chi connectivity index (χ0n) is 15.3. The second kappa shape index (κ2) is 9.26. The number of carbonyl (C=O) groups excluding carboxylic acids is 2. The van der Waals surface area contributed by atoms with Gasteiger partial charge in [0.1, 0.15) is 11.6 Å². The lowest BCUT2D eigenvalue weighted by atomic mass is 9.76. The summed E-state index contributed by atoms with van der Waals surface area (Å²) in [6.07, 6.45) is -0.252. The summed E-state index contributed by atoms with van der Waals surface area (Å²) in [5.74, 6) is -2.53. The van der Waals surface area contributed by atoms with Crippen LogP contribution in [0.2, 0.25) is 0 Å². The fourth-order valence-electron chi connectivity index (χ4n) is 2.96. The molecule has 0 saturated carbocycles. The van der Waals surface area contributed by atoms with E-state index in [1.807, 2.05) is 0 Å². The van der Waals surface area contributed by atoms with Crippen LogP contribution in [-0.2, 0) is 31.9 Å². The van der Waals surface area contributed by atoms with Crippen molar-refractivity contribution in [2.24, 2.45) is 5.41 Å². The normalized spacial score (nSPS) is 11.1. The molecule has 144 valence electrons. The summed E-state index contributed by atoms with van der Waals surface area (Å²) < 4.78 is 37.6. The SMILES string of the molecule is CCOC(=O)C(Cc1cccc(F)c1)(Cc1cccc(F)c1)C(=O)OCC. The van der Waals surface area contributed by atoms with E-state index in [0.29, 0.717) is 11.1 Å². The highest BCUT2D eigenvalue weighted by Crippen LogP contribution is 2.32. The Balaban J connectivity index is 2.53. The molecule has 4 nitrogen and oxygen atoms in total. The lowest BCUT2D eigenvalue weighted by molar-refractivity contribution is -0.172. The molecule has 0 aromatic heterocycles. The molecule has 0 spiro atoms. The molecule has 2 aromatic carbocycles. The number of carbonyl (C=O) groups is 2. The van der Waals surface area contributed by atoms with Gasteiger partial charge in [0.2, 0.25) is 0 Å². The Bertz CT molecular complexity index is 737. The number of halogens is 2. The molecule has 2 aromatic rings. The van der Waals surface area contributed by atoms with Crippen LogP contribution in [0, 0.1) is 17.0 Å². The number of benzene rings is 2. The van der Waals surface area contributed by atoms with Crippen LogP contribution in [-0.4, -0.2) is 25.2 Å². The van der Waals surface area contributed by atoms with Crippen molar-refractivity contribution in [3.8, 4) is 0 Å². The minimum absolute atomic E-state index is 0.0618. The highest BCUT2D eigenvalue weighted by Gasteiger charge is 2.49. The first kappa shape index (κ1) is 20.6. The van der Waals surface area contributed by atoms with Gasteiger partial charge < -0.3 is 9.47 Å². The van der Waals surface area contributed by atoms with Gasteiger partial charge >= 0.3 is 11.9 Å². The lowest BCUT2D eigenvalue weighted by Gasteiger charge is -2.29. The molecule has 6 heteroatoms. The van der Waals surface area contributed by atoms with Crippen molar-refractivity contribution in [1.82, 2.24) is 0 Å². The molecule has 0 heterocycles. The van der Waals surface area contributed by atoms with E-state index in [2.05, 4.69) is 0 Å². The molecule has 0 unspecified atom stereocenters. The van der Waals surface area contributed by atoms with E-state index in [9.17, 15) is 18.4 Å². The third-order valence-corrected chi connectivity index (χ3v) is 4.12. The van der Waals surface area contributed by atoms with Gasteiger partial charge in [0.25, 0.3) is 0 Å². The molecule has 27 heavy (non-hydrogen) atoms. The van der Waals surface area contributed by atoms with Gasteiger partial charge in [-0.05, 0) is 62.1 Å². The largest absolute Gasteiger partial charge is 0.465 e. The molecule has 0 saturated heterocycles. The fraction of sp³-hybridized carbons (Fsp3) is 0.333. The van der Waals surface area contributed by atoms with Crippen LogP contribution in [0.3, 0.4) is 0 Å². The average Bonchev–Trinajstić information content (AvgIpc) is 2.61. The molecular formula is C21H22F2O4. The van der Waals surface area contributed by atoms with Crippen molar-refractivity contribution < 1.29 is 27.8 Å². The summed E-state index contributed by atoms with van der Waals surface area (Å²) in [5, 5.41) is 0. The summed E-state index contributed by atoms with van der Waals surface area (Å²) in [4.78, 5) is 25.7. The maximum absolute atomic E-state index is 13.6. The first-order valence-electron chi connectivity index (χ1n) is 8.74. The van der Waals surface area contributed by atoms with Crippen LogP contribution >= 0.6 is 0 Å². The smallest absolute Gasteiger partial charge is 0.324 e. The van der Waals surface area contributed by atoms with E-state index in [4.69, 9.17) is 9.47 Å². The van der Waals surface area contributed by atoms with Crippen molar-refractivity contribution in [3.63, 3.8) is 0 Å². The zero-order chi connectivity index (χ0) is 19.9. The van der Waals surface area contributed by atoms with Crippen LogP contribution in [0.25, 0.3) is 0 Å². The summed E-state index contributed by atoms with van der Waals surface area (Å²) in [5.41, 5.74) is -0.867. The van der Waals surface area contributed by atoms with E-state index in [1.165, 1.54) is 36.4 Å².